The van der Waals surface area contributed by atoms with Crippen LogP contribution in [0.25, 0.3) is 10.9 Å². The molecule has 3 aromatic rings. The summed E-state index contributed by atoms with van der Waals surface area (Å²) in [6.07, 6.45) is 1.57. The quantitative estimate of drug-likeness (QED) is 0.320. The molecule has 0 aliphatic carbocycles. The lowest BCUT2D eigenvalue weighted by Gasteiger charge is -2.35. The molecule has 3 rings (SSSR count). The molecule has 1 aromatic heterocycles. The highest BCUT2D eigenvalue weighted by Gasteiger charge is 2.33. The van der Waals surface area contributed by atoms with Gasteiger partial charge in [-0.1, -0.05) is 29.8 Å². The molecule has 0 saturated heterocycles. The molecule has 0 aliphatic rings. The third kappa shape index (κ3) is 5.16. The highest BCUT2D eigenvalue weighted by atomic mass is 35.5. The molecule has 1 atom stereocenters. The van der Waals surface area contributed by atoms with Crippen LogP contribution in [0.2, 0.25) is 10.0 Å². The van der Waals surface area contributed by atoms with Gasteiger partial charge < -0.3 is 15.3 Å². The summed E-state index contributed by atoms with van der Waals surface area (Å²) in [4.78, 5) is 13.5. The first-order chi connectivity index (χ1) is 15.6. The third-order valence-electron chi connectivity index (χ3n) is 5.76. The van der Waals surface area contributed by atoms with Gasteiger partial charge in [0, 0.05) is 30.2 Å². The van der Waals surface area contributed by atoms with Gasteiger partial charge in [-0.2, -0.15) is 5.10 Å². The zero-order chi connectivity index (χ0) is 24.3. The molecule has 0 bridgehead atoms. The number of benzene rings is 2. The minimum absolute atomic E-state index is 0.0431. The molecular formula is C24H27Cl2FN4O2. The number of fused-ring (bicyclic) bond motifs is 1. The van der Waals surface area contributed by atoms with Crippen LogP contribution in [0, 0.1) is 12.7 Å². The molecule has 1 amide bonds. The van der Waals surface area contributed by atoms with E-state index >= 15 is 4.39 Å². The number of carbonyl (C=O) groups is 1. The zero-order valence-corrected chi connectivity index (χ0v) is 20.3. The number of hydrogen-bond acceptors (Lipinski definition) is 4. The van der Waals surface area contributed by atoms with E-state index in [1.807, 2.05) is 32.0 Å². The molecule has 0 saturated carbocycles. The number of likely N-dealkylation sites (N-methyl/N-ethyl adjacent to an activating group) is 1. The van der Waals surface area contributed by atoms with Crippen molar-refractivity contribution in [1.82, 2.24) is 14.7 Å². The number of hydrogen-bond donors (Lipinski definition) is 2. The number of aliphatic hydroxyl groups excluding tert-OH is 1. The van der Waals surface area contributed by atoms with Crippen LogP contribution in [0.15, 0.2) is 43.0 Å². The Morgan fingerprint density at radius 3 is 2.76 bits per heavy atom. The van der Waals surface area contributed by atoms with Gasteiger partial charge in [-0.25, -0.2) is 4.39 Å². The van der Waals surface area contributed by atoms with Gasteiger partial charge in [0.05, 0.1) is 39.9 Å². The third-order valence-corrected chi connectivity index (χ3v) is 6.57. The molecule has 176 valence electrons. The van der Waals surface area contributed by atoms with Crippen molar-refractivity contribution in [3.63, 3.8) is 0 Å². The minimum Gasteiger partial charge on any atom is -0.394 e. The monoisotopic (exact) mass is 492 g/mol. The van der Waals surface area contributed by atoms with Crippen molar-refractivity contribution in [2.45, 2.75) is 32.4 Å². The number of aromatic nitrogens is 2. The lowest BCUT2D eigenvalue weighted by molar-refractivity contribution is -0.124. The number of nitrogens with one attached hydrogen (secondary N) is 1. The fraction of sp³-hybridized carbons (Fsp3) is 0.333. The summed E-state index contributed by atoms with van der Waals surface area (Å²) >= 11 is 12.7. The van der Waals surface area contributed by atoms with Crippen LogP contribution in [0.4, 0.5) is 10.1 Å². The summed E-state index contributed by atoms with van der Waals surface area (Å²) in [6.45, 7) is 7.87. The molecule has 0 radical (unpaired) electrons. The Morgan fingerprint density at radius 1 is 1.36 bits per heavy atom. The summed E-state index contributed by atoms with van der Waals surface area (Å²) in [7, 11) is 1.66. The van der Waals surface area contributed by atoms with E-state index in [9.17, 15) is 9.90 Å². The van der Waals surface area contributed by atoms with Gasteiger partial charge in [0.25, 0.3) is 0 Å². The molecule has 1 heterocycles. The van der Waals surface area contributed by atoms with E-state index in [-0.39, 0.29) is 28.1 Å². The molecule has 2 aromatic carbocycles. The normalized spacial score (nSPS) is 13.1. The second-order valence-corrected chi connectivity index (χ2v) is 8.94. The Balaban J connectivity index is 2.06. The van der Waals surface area contributed by atoms with E-state index in [0.717, 1.165) is 16.6 Å². The van der Waals surface area contributed by atoms with E-state index in [0.29, 0.717) is 25.2 Å². The SMILES string of the molecule is C=CC(=O)N(C)CC[C@@](C)(Nc1ccc2c(C)nn(CCO)c2c1)c1c(F)ccc(Cl)c1Cl. The summed E-state index contributed by atoms with van der Waals surface area (Å²) in [6, 6.07) is 8.41. The van der Waals surface area contributed by atoms with Gasteiger partial charge in [0.15, 0.2) is 0 Å². The van der Waals surface area contributed by atoms with E-state index in [1.165, 1.54) is 23.1 Å². The van der Waals surface area contributed by atoms with Crippen LogP contribution < -0.4 is 5.32 Å². The van der Waals surface area contributed by atoms with E-state index in [2.05, 4.69) is 17.0 Å². The maximum absolute atomic E-state index is 15.1. The van der Waals surface area contributed by atoms with Gasteiger partial charge >= 0.3 is 0 Å². The van der Waals surface area contributed by atoms with Crippen LogP contribution in [-0.2, 0) is 16.9 Å². The Hall–Kier alpha value is -2.61. The van der Waals surface area contributed by atoms with Crippen LogP contribution in [-0.4, -0.2) is 45.9 Å². The molecule has 9 heteroatoms. The van der Waals surface area contributed by atoms with Gasteiger partial charge in [0.1, 0.15) is 5.82 Å². The number of rotatable bonds is 9. The number of anilines is 1. The number of nitrogens with zero attached hydrogens (tertiary/aromatic N) is 3. The van der Waals surface area contributed by atoms with Gasteiger partial charge in [-0.05, 0) is 56.7 Å². The van der Waals surface area contributed by atoms with Gasteiger partial charge in [0.2, 0.25) is 5.91 Å². The van der Waals surface area contributed by atoms with E-state index in [4.69, 9.17) is 23.2 Å². The minimum atomic E-state index is -1.01. The smallest absolute Gasteiger partial charge is 0.245 e. The van der Waals surface area contributed by atoms with E-state index < -0.39 is 11.4 Å². The molecular weight excluding hydrogens is 466 g/mol. The number of halogens is 3. The van der Waals surface area contributed by atoms with Crippen molar-refractivity contribution < 1.29 is 14.3 Å². The second kappa shape index (κ2) is 10.1. The molecule has 0 unspecified atom stereocenters. The Kier molecular flexibility index (Phi) is 7.67. The molecule has 0 fully saturated rings. The number of carbonyl (C=O) groups excluding carboxylic acids is 1. The predicted molar refractivity (Wildman–Crippen MR) is 131 cm³/mol. The molecule has 33 heavy (non-hydrogen) atoms. The molecule has 0 aliphatic heterocycles. The van der Waals surface area contributed by atoms with E-state index in [1.54, 1.807) is 11.7 Å². The van der Waals surface area contributed by atoms with Gasteiger partial charge in [-0.3, -0.25) is 9.48 Å². The largest absolute Gasteiger partial charge is 0.394 e. The molecule has 2 N–H and O–H groups in total. The summed E-state index contributed by atoms with van der Waals surface area (Å²) < 4.78 is 16.8. The summed E-state index contributed by atoms with van der Waals surface area (Å²) in [5, 5.41) is 18.6. The number of aryl methyl sites for hydroxylation is 1. The van der Waals surface area contributed by atoms with Crippen molar-refractivity contribution in [3.05, 3.63) is 70.1 Å². The first-order valence-electron chi connectivity index (χ1n) is 10.5. The first-order valence-corrected chi connectivity index (χ1v) is 11.2. The zero-order valence-electron chi connectivity index (χ0n) is 18.8. The Labute approximate surface area is 202 Å². The lowest BCUT2D eigenvalue weighted by atomic mass is 9.87. The van der Waals surface area contributed by atoms with Crippen LogP contribution >= 0.6 is 23.2 Å². The average molecular weight is 493 g/mol. The van der Waals surface area contributed by atoms with Crippen molar-refractivity contribution in [2.24, 2.45) is 0 Å². The predicted octanol–water partition coefficient (Wildman–Crippen LogP) is 5.14. The summed E-state index contributed by atoms with van der Waals surface area (Å²) in [5.74, 6) is -0.737. The maximum Gasteiger partial charge on any atom is 0.245 e. The van der Waals surface area contributed by atoms with Crippen LogP contribution in [0.5, 0.6) is 0 Å². The lowest BCUT2D eigenvalue weighted by Crippen LogP contribution is -2.38. The van der Waals surface area contributed by atoms with Crippen molar-refractivity contribution in [3.8, 4) is 0 Å². The summed E-state index contributed by atoms with van der Waals surface area (Å²) in [5.41, 5.74) is 1.60. The Bertz CT molecular complexity index is 1200. The number of amides is 1. The average Bonchev–Trinajstić information content (AvgIpc) is 3.09. The fourth-order valence-corrected chi connectivity index (χ4v) is 4.46. The molecule has 0 spiro atoms. The highest BCUT2D eigenvalue weighted by molar-refractivity contribution is 6.42. The standard InChI is InChI=1S/C24H27Cl2FN4O2/c1-5-21(33)30(4)11-10-24(3,22-19(27)9-8-18(25)23(22)26)28-16-6-7-17-15(2)29-31(12-13-32)20(17)14-16/h5-9,14,28,32H,1,10-13H2,2-4H3/t24-/m1/s1. The van der Waals surface area contributed by atoms with Crippen molar-refractivity contribution in [2.75, 3.05) is 25.5 Å². The van der Waals surface area contributed by atoms with Crippen molar-refractivity contribution in [1.29, 1.82) is 0 Å². The van der Waals surface area contributed by atoms with Gasteiger partial charge in [-0.15, -0.1) is 0 Å². The first kappa shape index (κ1) is 25.0. The second-order valence-electron chi connectivity index (χ2n) is 8.15. The maximum atomic E-state index is 15.1. The van der Waals surface area contributed by atoms with Crippen LogP contribution in [0.3, 0.4) is 0 Å². The highest BCUT2D eigenvalue weighted by Crippen LogP contribution is 2.40. The number of aliphatic hydroxyl groups is 1. The van der Waals surface area contributed by atoms with Crippen LogP contribution in [0.1, 0.15) is 24.6 Å². The Morgan fingerprint density at radius 2 is 2.09 bits per heavy atom. The topological polar surface area (TPSA) is 70.4 Å². The van der Waals surface area contributed by atoms with Crippen molar-refractivity contribution >= 4 is 45.7 Å². The molecule has 6 nitrogen and oxygen atoms in total. The fourth-order valence-electron chi connectivity index (χ4n) is 3.94.